The van der Waals surface area contributed by atoms with Crippen LogP contribution in [0.1, 0.15) is 114 Å². The van der Waals surface area contributed by atoms with Gasteiger partial charge in [-0.15, -0.1) is 0 Å². The molecule has 7 rings (SSSR count). The molecule has 12 amide bonds. The van der Waals surface area contributed by atoms with E-state index in [-0.39, 0.29) is 83.0 Å². The number of phenolic OH excluding ortho intramolecular Hbond substituents is 1. The Morgan fingerprint density at radius 2 is 0.926 bits per heavy atom. The number of aromatic amines is 2. The number of aromatic nitrogens is 2. The number of phenols is 1. The summed E-state index contributed by atoms with van der Waals surface area (Å²) in [4.78, 5) is 212. The first-order valence-electron chi connectivity index (χ1n) is 40.2. The Morgan fingerprint density at radius 1 is 0.475 bits per heavy atom. The maximum absolute atomic E-state index is 15.3. The number of aliphatic hydroxyl groups is 1. The lowest BCUT2D eigenvalue weighted by Crippen LogP contribution is -2.61. The number of carboxylic acid groups (broad SMARTS) is 2. The second-order valence-electron chi connectivity index (χ2n) is 30.0. The Labute approximate surface area is 703 Å². The van der Waals surface area contributed by atoms with E-state index in [0.29, 0.717) is 69.9 Å². The molecule has 1 unspecified atom stereocenters. The van der Waals surface area contributed by atoms with Crippen molar-refractivity contribution in [2.45, 2.75) is 196 Å². The molecule has 2 aromatic heterocycles. The number of benzene rings is 4. The van der Waals surface area contributed by atoms with E-state index in [0.717, 1.165) is 0 Å². The Kier molecular flexibility index (Phi) is 38.3. The highest BCUT2D eigenvalue weighted by Gasteiger charge is 2.39. The van der Waals surface area contributed by atoms with Crippen molar-refractivity contribution in [3.8, 4) is 5.75 Å². The number of fused-ring (bicyclic) bond motifs is 2. The number of amides is 12. The first-order chi connectivity index (χ1) is 58.3. The van der Waals surface area contributed by atoms with E-state index in [2.05, 4.69) is 89.1 Å². The molecule has 40 nitrogen and oxygen atoms in total. The third-order valence-corrected chi connectivity index (χ3v) is 20.1. The topological polar surface area (TPSA) is 661 Å². The lowest BCUT2D eigenvalue weighted by atomic mass is 9.98. The minimum atomic E-state index is -1.81. The molecule has 0 saturated heterocycles. The largest absolute Gasteiger partial charge is 0.508 e. The molecule has 0 saturated carbocycles. The second-order valence-corrected chi connectivity index (χ2v) is 30.0. The summed E-state index contributed by atoms with van der Waals surface area (Å²) in [6, 6.07) is 9.77. The van der Waals surface area contributed by atoms with Gasteiger partial charge in [-0.3, -0.25) is 77.5 Å². The summed E-state index contributed by atoms with van der Waals surface area (Å²) in [6.07, 6.45) is 5.28. The van der Waals surface area contributed by atoms with Gasteiger partial charge in [0.25, 0.3) is 0 Å². The number of nitrogens with two attached hydrogens (primary N) is 4. The van der Waals surface area contributed by atoms with Crippen molar-refractivity contribution in [3.05, 3.63) is 138 Å². The van der Waals surface area contributed by atoms with Crippen LogP contribution in [0.25, 0.3) is 21.8 Å². The number of carbonyl (C=O) groups excluding carboxylic acids is 12. The number of rotatable bonds is 52. The van der Waals surface area contributed by atoms with Gasteiger partial charge in [0.15, 0.2) is 5.96 Å². The van der Waals surface area contributed by atoms with Crippen LogP contribution in [0.4, 0.5) is 0 Å². The van der Waals surface area contributed by atoms with Crippen molar-refractivity contribution < 1.29 is 87.5 Å². The zero-order valence-corrected chi connectivity index (χ0v) is 68.1. The maximum atomic E-state index is 15.3. The van der Waals surface area contributed by atoms with Gasteiger partial charge >= 0.3 is 11.9 Å². The van der Waals surface area contributed by atoms with Crippen LogP contribution >= 0.6 is 0 Å². The lowest BCUT2D eigenvalue weighted by molar-refractivity contribution is -0.142. The molecule has 122 heavy (non-hydrogen) atoms. The van der Waals surface area contributed by atoms with Crippen molar-refractivity contribution in [3.63, 3.8) is 0 Å². The molecule has 4 aromatic carbocycles. The molecule has 28 N–H and O–H groups in total. The summed E-state index contributed by atoms with van der Waals surface area (Å²) >= 11 is 0. The van der Waals surface area contributed by atoms with E-state index in [9.17, 15) is 68.4 Å². The van der Waals surface area contributed by atoms with Gasteiger partial charge in [0, 0.05) is 85.5 Å². The predicted octanol–water partition coefficient (Wildman–Crippen LogP) is -2.59. The van der Waals surface area contributed by atoms with Crippen molar-refractivity contribution in [2.75, 3.05) is 32.8 Å². The molecule has 3 heterocycles. The fourth-order valence-electron chi connectivity index (χ4n) is 13.3. The molecule has 1 aliphatic rings. The van der Waals surface area contributed by atoms with Crippen LogP contribution in [0.5, 0.6) is 5.75 Å². The molecule has 0 spiro atoms. The zero-order valence-electron chi connectivity index (χ0n) is 68.1. The molecule has 13 atom stereocenters. The second kappa shape index (κ2) is 48.8. The van der Waals surface area contributed by atoms with Crippen molar-refractivity contribution in [1.29, 1.82) is 5.41 Å². The van der Waals surface area contributed by atoms with E-state index in [1.54, 1.807) is 105 Å². The number of para-hydroxylation sites is 2. The third-order valence-electron chi connectivity index (χ3n) is 20.1. The number of unbranched alkanes of at least 4 members (excludes halogenated alkanes) is 2. The Balaban J connectivity index is 1.13. The standard InChI is InChI=1S/C82H112N22O18/c1-45(2)69(80(120)102-62(34-47-16-5-4-6-17-47)75(115)99-61(74(114)94-46(3)81(121)122)35-48-25-27-52(106)28-26-48)104-78(118)64(37-50-40-91-57-22-10-8-19-54(50)57)100-77(117)65(38-51-41-88-44-93-51)101-72(112)59(23-12-14-32-84)98-76(116)63(36-49-39-90-56-21-9-7-18-53(49)56)95-67(107)42-92-71(111)58(24-15-33-89-82(86)87)97-79(119)66(43-105)103-73(113)60(29-30-68(108)109)96-70(110)55(85)20-11-13-31-83/h4-10,16-19,21-22,25-28,39-41,44-46,51,55,58-66,69,90-91,105-106H,11-15,20,23-24,29-38,42-43,83-85H2,1-3H3,(H,92,111)(H,94,114)(H,95,107)(H,96,110)(H,97,119)(H,98,116)(H,99,115)(H,100,117)(H,101,112)(H,102,120)(H,103,113)(H,104,118)(H,108,109)(H,121,122)(H4,86,87,89)/t46-,51?,55-,58-,59-,60-,61-,62-,63-,64-,65-,66-,69-/m0/s1. The van der Waals surface area contributed by atoms with Crippen LogP contribution in [0.3, 0.4) is 0 Å². The SMILES string of the molecule is CC(C)[C@H](NC(=O)[C@H](Cc1c[nH]c2ccccc12)NC(=O)[C@H](CC1C=NC=N1)NC(=O)[C@H](CCCCN)NC(=O)[C@H](Cc1c[nH]c2ccccc12)NC(=O)CNC(=O)[C@H](CCCNC(=N)N)NC(=O)[C@H](CO)NC(=O)[C@H](CCC(=O)O)NC(=O)[C@@H](N)CCCCN)C(=O)N[C@@H](Cc1ccccc1)C(=O)N[C@@H](Cc1ccc(O)cc1)C(=O)N[C@@H](C)C(=O)O. The summed E-state index contributed by atoms with van der Waals surface area (Å²) in [5.74, 6) is -15.2. The number of aliphatic imine (C=N–C) groups is 2. The molecular weight excluding hydrogens is 1580 g/mol. The van der Waals surface area contributed by atoms with Crippen LogP contribution in [-0.2, 0) is 92.8 Å². The van der Waals surface area contributed by atoms with Crippen molar-refractivity contribution in [2.24, 2.45) is 38.8 Å². The third kappa shape index (κ3) is 30.9. The Bertz CT molecular complexity index is 4640. The van der Waals surface area contributed by atoms with Gasteiger partial charge in [-0.2, -0.15) is 0 Å². The average Bonchev–Trinajstić information content (AvgIpc) is 1.66. The molecule has 0 fully saturated rings. The van der Waals surface area contributed by atoms with Crippen LogP contribution in [0, 0.1) is 11.3 Å². The van der Waals surface area contributed by atoms with E-state index in [1.807, 2.05) is 0 Å². The van der Waals surface area contributed by atoms with Gasteiger partial charge in [-0.1, -0.05) is 99.1 Å². The number of guanidine groups is 1. The molecule has 1 aliphatic heterocycles. The first-order valence-corrected chi connectivity index (χ1v) is 40.2. The highest BCUT2D eigenvalue weighted by Crippen LogP contribution is 2.23. The van der Waals surface area contributed by atoms with E-state index in [4.69, 9.17) is 28.3 Å². The van der Waals surface area contributed by atoms with Crippen molar-refractivity contribution >= 4 is 123 Å². The van der Waals surface area contributed by atoms with Gasteiger partial charge in [0.1, 0.15) is 78.5 Å². The summed E-state index contributed by atoms with van der Waals surface area (Å²) in [6.45, 7) is 3.04. The van der Waals surface area contributed by atoms with Gasteiger partial charge in [-0.25, -0.2) is 4.99 Å². The summed E-state index contributed by atoms with van der Waals surface area (Å²) in [7, 11) is 0. The molecule has 0 aliphatic carbocycles. The minimum absolute atomic E-state index is 0.00191. The minimum Gasteiger partial charge on any atom is -0.508 e. The molecule has 40 heteroatoms. The molecule has 6 aromatic rings. The van der Waals surface area contributed by atoms with Gasteiger partial charge in [-0.05, 0) is 124 Å². The molecule has 0 radical (unpaired) electrons. The fourth-order valence-corrected chi connectivity index (χ4v) is 13.3. The summed E-state index contributed by atoms with van der Waals surface area (Å²) < 4.78 is 0. The average molecular weight is 1690 g/mol. The zero-order chi connectivity index (χ0) is 89.0. The van der Waals surface area contributed by atoms with Crippen LogP contribution in [0.2, 0.25) is 0 Å². The number of H-pyrrole nitrogens is 2. The fraction of sp³-hybridized carbons (Fsp3) is 0.451. The monoisotopic (exact) mass is 1690 g/mol. The van der Waals surface area contributed by atoms with E-state index < -0.39 is 199 Å². The van der Waals surface area contributed by atoms with Crippen LogP contribution in [-0.4, -0.2) is 243 Å². The molecule has 658 valence electrons. The lowest BCUT2D eigenvalue weighted by Gasteiger charge is -2.29. The number of aliphatic hydroxyl groups excluding tert-OH is 1. The summed E-state index contributed by atoms with van der Waals surface area (Å²) in [5, 5.41) is 82.2. The van der Waals surface area contributed by atoms with E-state index in [1.165, 1.54) is 43.7 Å². The predicted molar refractivity (Wildman–Crippen MR) is 451 cm³/mol. The number of carboxylic acids is 2. The molecular formula is C82H112N22O18. The van der Waals surface area contributed by atoms with E-state index >= 15 is 19.2 Å². The normalized spacial score (nSPS) is 15.2. The van der Waals surface area contributed by atoms with Crippen LogP contribution < -0.4 is 92.1 Å². The Morgan fingerprint density at radius 3 is 1.47 bits per heavy atom. The highest BCUT2D eigenvalue weighted by atomic mass is 16.4. The number of hydrogen-bond acceptors (Lipinski definition) is 22. The number of hydrogen-bond donors (Lipinski definition) is 24. The van der Waals surface area contributed by atoms with Gasteiger partial charge in [0.2, 0.25) is 70.9 Å². The highest BCUT2D eigenvalue weighted by molar-refractivity contribution is 6.01. The summed E-state index contributed by atoms with van der Waals surface area (Å²) in [5.41, 5.74) is 26.4. The maximum Gasteiger partial charge on any atom is 0.325 e. The van der Waals surface area contributed by atoms with Crippen molar-refractivity contribution in [1.82, 2.24) is 79.1 Å². The quantitative estimate of drug-likeness (QED) is 0.0106. The molecule has 0 bridgehead atoms. The number of aliphatic carboxylic acids is 2. The van der Waals surface area contributed by atoms with Crippen LogP contribution in [0.15, 0.2) is 126 Å². The number of aromatic hydroxyl groups is 1. The number of carbonyl (C=O) groups is 14. The van der Waals surface area contributed by atoms with Gasteiger partial charge < -0.3 is 122 Å². The first kappa shape index (κ1) is 95.9. The number of nitrogens with one attached hydrogen (secondary N) is 16. The van der Waals surface area contributed by atoms with Gasteiger partial charge in [0.05, 0.1) is 25.2 Å². The Hall–Kier alpha value is -13.2. The smallest absolute Gasteiger partial charge is 0.325 e. The number of nitrogens with zero attached hydrogens (tertiary/aromatic N) is 2.